The third-order valence-electron chi connectivity index (χ3n) is 10.1. The van der Waals surface area contributed by atoms with Gasteiger partial charge in [0.1, 0.15) is 17.2 Å². The van der Waals surface area contributed by atoms with Gasteiger partial charge in [0.05, 0.1) is 18.8 Å². The number of hydrogen-bond acceptors (Lipinski definition) is 9. The predicted molar refractivity (Wildman–Crippen MR) is 176 cm³/mol. The normalized spacial score (nSPS) is 24.8. The van der Waals surface area contributed by atoms with Crippen LogP contribution in [0.3, 0.4) is 0 Å². The molecule has 14 nitrogen and oxygen atoms in total. The van der Waals surface area contributed by atoms with Gasteiger partial charge in [-0.15, -0.1) is 0 Å². The molecule has 6 rings (SSSR count). The fraction of sp³-hybridized carbons (Fsp3) is 0.588. The van der Waals surface area contributed by atoms with E-state index in [9.17, 15) is 33.5 Å². The number of nitrogens with zero attached hydrogens (tertiary/aromatic N) is 5. The van der Waals surface area contributed by atoms with Crippen LogP contribution in [0.25, 0.3) is 0 Å². The van der Waals surface area contributed by atoms with Gasteiger partial charge in [-0.1, -0.05) is 12.1 Å². The molecule has 2 fully saturated rings. The van der Waals surface area contributed by atoms with Crippen molar-refractivity contribution in [2.75, 3.05) is 47.3 Å². The van der Waals surface area contributed by atoms with Crippen LogP contribution in [0.15, 0.2) is 23.0 Å². The summed E-state index contributed by atoms with van der Waals surface area (Å²) in [6, 6.07) is 4.37. The first-order valence-corrected chi connectivity index (χ1v) is 16.6. The molecular formula is C34H46FN7O7. The van der Waals surface area contributed by atoms with E-state index >= 15 is 0 Å². The Bertz CT molecular complexity index is 1690. The van der Waals surface area contributed by atoms with Crippen molar-refractivity contribution in [2.24, 2.45) is 5.41 Å². The molecule has 15 heteroatoms. The summed E-state index contributed by atoms with van der Waals surface area (Å²) in [4.78, 5) is 75.9. The summed E-state index contributed by atoms with van der Waals surface area (Å²) in [7, 11) is 4.41. The van der Waals surface area contributed by atoms with Gasteiger partial charge in [0.2, 0.25) is 11.7 Å². The first kappa shape index (κ1) is 35.9. The average Bonchev–Trinajstić information content (AvgIpc) is 3.28. The molecule has 3 aliphatic heterocycles. The lowest BCUT2D eigenvalue weighted by Gasteiger charge is -2.46. The van der Waals surface area contributed by atoms with Gasteiger partial charge in [-0.05, 0) is 63.6 Å². The van der Waals surface area contributed by atoms with E-state index in [1.807, 2.05) is 18.7 Å². The Morgan fingerprint density at radius 3 is 2.31 bits per heavy atom. The predicted octanol–water partition coefficient (Wildman–Crippen LogP) is 0.868. The van der Waals surface area contributed by atoms with Crippen molar-refractivity contribution in [1.82, 2.24) is 34.9 Å². The monoisotopic (exact) mass is 683 g/mol. The molecule has 4 heterocycles. The minimum absolute atomic E-state index is 0.00480. The number of aromatic nitrogens is 2. The number of aromatic hydroxyl groups is 1. The topological polar surface area (TPSA) is 166 Å². The van der Waals surface area contributed by atoms with Crippen LogP contribution in [0.2, 0.25) is 0 Å². The van der Waals surface area contributed by atoms with Crippen LogP contribution in [0, 0.1) is 18.2 Å². The molecule has 2 unspecified atom stereocenters. The minimum Gasteiger partial charge on any atom is -0.501 e. The van der Waals surface area contributed by atoms with Gasteiger partial charge in [0.25, 0.3) is 11.5 Å². The van der Waals surface area contributed by atoms with Gasteiger partial charge in [0.15, 0.2) is 5.69 Å². The molecule has 1 aromatic heterocycles. The minimum atomic E-state index is -1.26. The van der Waals surface area contributed by atoms with Crippen molar-refractivity contribution in [3.8, 4) is 5.75 Å². The molecule has 4 amide bonds. The molecular weight excluding hydrogens is 637 g/mol. The van der Waals surface area contributed by atoms with E-state index in [4.69, 9.17) is 4.74 Å². The molecule has 2 bridgehead atoms. The number of rotatable bonds is 8. The number of halogens is 1. The quantitative estimate of drug-likeness (QED) is 0.342. The summed E-state index contributed by atoms with van der Waals surface area (Å²) in [6.45, 7) is 7.25. The van der Waals surface area contributed by atoms with Gasteiger partial charge < -0.3 is 30.3 Å². The van der Waals surface area contributed by atoms with Gasteiger partial charge in [0, 0.05) is 59.3 Å². The molecule has 2 atom stereocenters. The molecule has 1 saturated carbocycles. The Labute approximate surface area is 284 Å². The third-order valence-corrected chi connectivity index (χ3v) is 10.1. The number of likely N-dealkylation sites (N-methyl/N-ethyl adjacent to an activating group) is 2. The Morgan fingerprint density at radius 2 is 1.69 bits per heavy atom. The van der Waals surface area contributed by atoms with E-state index in [1.165, 1.54) is 42.7 Å². The molecule has 0 radical (unpaired) electrons. The maximum atomic E-state index is 13.9. The molecule has 1 aliphatic carbocycles. The highest BCUT2D eigenvalue weighted by Crippen LogP contribution is 2.51. The van der Waals surface area contributed by atoms with Crippen molar-refractivity contribution < 1.29 is 33.4 Å². The van der Waals surface area contributed by atoms with E-state index in [2.05, 4.69) is 15.6 Å². The maximum absolute atomic E-state index is 13.9. The second-order valence-corrected chi connectivity index (χ2v) is 14.1. The number of amides is 4. The summed E-state index contributed by atoms with van der Waals surface area (Å²) in [5.74, 6) is -3.74. The molecule has 1 aromatic carbocycles. The van der Waals surface area contributed by atoms with Crippen molar-refractivity contribution in [1.29, 1.82) is 0 Å². The number of aryl methyl sites for hydroxylation is 1. The summed E-state index contributed by atoms with van der Waals surface area (Å²) >= 11 is 0. The first-order chi connectivity index (χ1) is 23.1. The molecule has 0 spiro atoms. The molecule has 266 valence electrons. The Kier molecular flexibility index (Phi) is 10.2. The van der Waals surface area contributed by atoms with Crippen LogP contribution in [-0.2, 0) is 37.7 Å². The van der Waals surface area contributed by atoms with E-state index < -0.39 is 51.5 Å². The van der Waals surface area contributed by atoms with E-state index in [1.54, 1.807) is 13.0 Å². The lowest BCUT2D eigenvalue weighted by Crippen LogP contribution is -2.55. The number of hydrogen-bond donors (Lipinski definition) is 3. The second-order valence-electron chi connectivity index (χ2n) is 14.1. The molecule has 4 aliphatic rings. The summed E-state index contributed by atoms with van der Waals surface area (Å²) in [5.41, 5.74) is -2.29. The number of nitrogens with one attached hydrogen (secondary N) is 2. The van der Waals surface area contributed by atoms with Crippen molar-refractivity contribution >= 4 is 23.6 Å². The van der Waals surface area contributed by atoms with E-state index in [0.29, 0.717) is 37.1 Å². The first-order valence-electron chi connectivity index (χ1n) is 16.6. The molecule has 1 saturated heterocycles. The number of fused-ring (bicyclic) bond motifs is 2. The summed E-state index contributed by atoms with van der Waals surface area (Å²) < 4.78 is 20.8. The zero-order valence-corrected chi connectivity index (χ0v) is 29.0. The third kappa shape index (κ3) is 7.18. The fourth-order valence-corrected chi connectivity index (χ4v) is 7.40. The van der Waals surface area contributed by atoms with E-state index in [0.717, 1.165) is 4.90 Å². The van der Waals surface area contributed by atoms with Crippen LogP contribution < -0.4 is 16.2 Å². The van der Waals surface area contributed by atoms with E-state index in [-0.39, 0.29) is 63.0 Å². The average molecular weight is 684 g/mol. The highest BCUT2D eigenvalue weighted by atomic mass is 19.1. The number of carbonyl (C=O) groups is 4. The fourth-order valence-electron chi connectivity index (χ4n) is 7.40. The number of carbonyl (C=O) groups excluding carboxylic acids is 4. The largest absolute Gasteiger partial charge is 0.501 e. The maximum Gasteiger partial charge on any atom is 0.312 e. The number of ether oxygens (including phenoxy) is 1. The van der Waals surface area contributed by atoms with Crippen LogP contribution >= 0.6 is 0 Å². The lowest BCUT2D eigenvalue weighted by molar-refractivity contribution is -0.155. The Morgan fingerprint density at radius 1 is 1.04 bits per heavy atom. The van der Waals surface area contributed by atoms with Gasteiger partial charge >= 0.3 is 11.8 Å². The Balaban J connectivity index is 1.46. The Hall–Kier alpha value is -4.37. The smallest absolute Gasteiger partial charge is 0.312 e. The zero-order chi connectivity index (χ0) is 35.8. The van der Waals surface area contributed by atoms with Crippen molar-refractivity contribution in [2.45, 2.75) is 77.3 Å². The van der Waals surface area contributed by atoms with Gasteiger partial charge in [-0.3, -0.25) is 33.4 Å². The summed E-state index contributed by atoms with van der Waals surface area (Å²) in [5, 5.41) is 16.8. The van der Waals surface area contributed by atoms with Crippen LogP contribution in [0.4, 0.5) is 4.39 Å². The van der Waals surface area contributed by atoms with Crippen LogP contribution in [0.5, 0.6) is 5.75 Å². The number of benzene rings is 1. The number of morpholine rings is 1. The van der Waals surface area contributed by atoms with Gasteiger partial charge in [-0.25, -0.2) is 9.37 Å². The molecule has 2 aromatic rings. The lowest BCUT2D eigenvalue weighted by atomic mass is 9.67. The molecule has 3 N–H and O–H groups in total. The molecule has 49 heavy (non-hydrogen) atoms. The highest BCUT2D eigenvalue weighted by molar-refractivity contribution is 6.34. The van der Waals surface area contributed by atoms with Crippen LogP contribution in [0.1, 0.15) is 67.0 Å². The zero-order valence-electron chi connectivity index (χ0n) is 29.0. The second kappa shape index (κ2) is 13.9. The van der Waals surface area contributed by atoms with Crippen molar-refractivity contribution in [3.05, 3.63) is 57.0 Å². The standard InChI is InChI=1S/C34H46FN7O7/c1-20-13-23(7-8-24(20)35)14-36-28(45)26-27(44)29(46)42-19-33(18-37-25(43)17-41-15-21(2)49-22(3)16-41)9-11-34(12-10-33,32(42)38-26)40(6)31(48)30(47)39(4)5/h7-8,13,21-22,44H,9-12,14-19H2,1-6H3,(H,36,45)(H,37,43). The highest BCUT2D eigenvalue weighted by Gasteiger charge is 2.54. The SMILES string of the molecule is Cc1cc(CNC(=O)c2nc3n(c(=O)c2O)CC2(CNC(=O)CN4CC(C)OC(C)C4)CCC3(N(C)C(=O)C(=O)N(C)C)CC2)ccc1F. The van der Waals surface area contributed by atoms with Crippen LogP contribution in [-0.4, -0.2) is 113 Å². The van der Waals surface area contributed by atoms with Gasteiger partial charge in [-0.2, -0.15) is 0 Å². The van der Waals surface area contributed by atoms with Crippen molar-refractivity contribution in [3.63, 3.8) is 0 Å². The summed E-state index contributed by atoms with van der Waals surface area (Å²) in [6.07, 6.45) is 1.51.